The number of allylic oxidation sites excluding steroid dienone is 5. The van der Waals surface area contributed by atoms with Gasteiger partial charge in [0, 0.05) is 11.1 Å². The van der Waals surface area contributed by atoms with Crippen molar-refractivity contribution in [1.29, 1.82) is 5.26 Å². The average Bonchev–Trinajstić information content (AvgIpc) is 3.33. The minimum Gasteiger partial charge on any atom is -0.497 e. The minimum atomic E-state index is 0.166. The number of benzene rings is 2. The number of hydrogen-bond donors (Lipinski definition) is 1. The molecule has 2 aliphatic rings. The standard InChI is InChI=1S/C23H20N2O/c1-23-13-19(23)6-4-7-20(14-23)25-22-10-9-17(11-18(22)15-24)16-5-3-8-21(12-16)26-2/h3-12,14,25H,13H2,1-2H3. The summed E-state index contributed by atoms with van der Waals surface area (Å²) in [6.07, 6.45) is 9.68. The van der Waals surface area contributed by atoms with Crippen LogP contribution >= 0.6 is 0 Å². The van der Waals surface area contributed by atoms with Crippen LogP contribution in [0.5, 0.6) is 5.75 Å². The van der Waals surface area contributed by atoms with Crippen LogP contribution in [-0.2, 0) is 0 Å². The van der Waals surface area contributed by atoms with E-state index in [1.807, 2.05) is 42.5 Å². The fourth-order valence-electron chi connectivity index (χ4n) is 3.36. The zero-order chi connectivity index (χ0) is 18.1. The molecule has 2 aliphatic carbocycles. The summed E-state index contributed by atoms with van der Waals surface area (Å²) in [6, 6.07) is 16.1. The lowest BCUT2D eigenvalue weighted by Crippen LogP contribution is -2.02. The molecular formula is C23H20N2O. The molecule has 0 aromatic heterocycles. The average molecular weight is 340 g/mol. The van der Waals surface area contributed by atoms with Gasteiger partial charge in [-0.3, -0.25) is 0 Å². The summed E-state index contributed by atoms with van der Waals surface area (Å²) < 4.78 is 5.30. The molecule has 0 amide bonds. The molecule has 26 heavy (non-hydrogen) atoms. The molecule has 1 N–H and O–H groups in total. The minimum absolute atomic E-state index is 0.166. The third-order valence-electron chi connectivity index (χ3n) is 5.04. The van der Waals surface area contributed by atoms with Crippen LogP contribution in [0, 0.1) is 16.7 Å². The zero-order valence-corrected chi connectivity index (χ0v) is 14.9. The third-order valence-corrected chi connectivity index (χ3v) is 5.04. The summed E-state index contributed by atoms with van der Waals surface area (Å²) in [6.45, 7) is 2.24. The Morgan fingerprint density at radius 2 is 2.00 bits per heavy atom. The highest BCUT2D eigenvalue weighted by Crippen LogP contribution is 2.54. The zero-order valence-electron chi connectivity index (χ0n) is 14.9. The van der Waals surface area contributed by atoms with E-state index in [2.05, 4.69) is 42.6 Å². The molecule has 0 bridgehead atoms. The molecule has 1 atom stereocenters. The first kappa shape index (κ1) is 16.2. The summed E-state index contributed by atoms with van der Waals surface area (Å²) in [5.41, 5.74) is 6.12. The van der Waals surface area contributed by atoms with Crippen molar-refractivity contribution < 1.29 is 4.74 Å². The van der Waals surface area contributed by atoms with Gasteiger partial charge < -0.3 is 10.1 Å². The lowest BCUT2D eigenvalue weighted by atomic mass is 10.0. The first-order chi connectivity index (χ1) is 12.6. The lowest BCUT2D eigenvalue weighted by Gasteiger charge is -2.12. The van der Waals surface area contributed by atoms with Gasteiger partial charge in [0.15, 0.2) is 0 Å². The van der Waals surface area contributed by atoms with E-state index in [0.717, 1.165) is 34.7 Å². The first-order valence-corrected chi connectivity index (χ1v) is 8.67. The summed E-state index contributed by atoms with van der Waals surface area (Å²) in [4.78, 5) is 0. The molecule has 4 rings (SSSR count). The van der Waals surface area contributed by atoms with Gasteiger partial charge >= 0.3 is 0 Å². The van der Waals surface area contributed by atoms with Crippen LogP contribution in [-0.4, -0.2) is 7.11 Å². The molecule has 0 saturated heterocycles. The second kappa shape index (κ2) is 6.24. The van der Waals surface area contributed by atoms with Crippen molar-refractivity contribution in [2.45, 2.75) is 13.3 Å². The van der Waals surface area contributed by atoms with Crippen LogP contribution in [0.25, 0.3) is 11.1 Å². The Bertz CT molecular complexity index is 1010. The number of nitrogens with zero attached hydrogens (tertiary/aromatic N) is 1. The maximum absolute atomic E-state index is 9.62. The van der Waals surface area contributed by atoms with Gasteiger partial charge in [-0.2, -0.15) is 5.26 Å². The second-order valence-corrected chi connectivity index (χ2v) is 6.97. The fourth-order valence-corrected chi connectivity index (χ4v) is 3.36. The normalized spacial score (nSPS) is 20.2. The van der Waals surface area contributed by atoms with Gasteiger partial charge in [-0.05, 0) is 47.9 Å². The molecule has 1 saturated carbocycles. The van der Waals surface area contributed by atoms with E-state index in [-0.39, 0.29) is 5.41 Å². The van der Waals surface area contributed by atoms with Crippen molar-refractivity contribution in [1.82, 2.24) is 0 Å². The molecule has 0 heterocycles. The van der Waals surface area contributed by atoms with Gasteiger partial charge in [0.05, 0.1) is 18.4 Å². The molecular weight excluding hydrogens is 320 g/mol. The number of nitrogens with one attached hydrogen (secondary N) is 1. The van der Waals surface area contributed by atoms with E-state index < -0.39 is 0 Å². The summed E-state index contributed by atoms with van der Waals surface area (Å²) in [5.74, 6) is 0.804. The second-order valence-electron chi connectivity index (χ2n) is 6.97. The van der Waals surface area contributed by atoms with E-state index in [9.17, 15) is 5.26 Å². The molecule has 3 heteroatoms. The van der Waals surface area contributed by atoms with Crippen LogP contribution in [0.1, 0.15) is 18.9 Å². The molecule has 2 aromatic carbocycles. The molecule has 1 unspecified atom stereocenters. The van der Waals surface area contributed by atoms with Crippen molar-refractivity contribution in [2.75, 3.05) is 12.4 Å². The molecule has 0 radical (unpaired) electrons. The van der Waals surface area contributed by atoms with Gasteiger partial charge in [0.1, 0.15) is 11.8 Å². The van der Waals surface area contributed by atoms with Crippen molar-refractivity contribution in [3.05, 3.63) is 83.6 Å². The van der Waals surface area contributed by atoms with Crippen molar-refractivity contribution in [2.24, 2.45) is 5.41 Å². The van der Waals surface area contributed by atoms with E-state index in [1.165, 1.54) is 5.57 Å². The van der Waals surface area contributed by atoms with Crippen LogP contribution in [0.15, 0.2) is 78.0 Å². The quantitative estimate of drug-likeness (QED) is 0.806. The summed E-state index contributed by atoms with van der Waals surface area (Å²) in [7, 11) is 1.65. The molecule has 128 valence electrons. The number of nitriles is 1. The van der Waals surface area contributed by atoms with Crippen LogP contribution in [0.4, 0.5) is 5.69 Å². The van der Waals surface area contributed by atoms with E-state index in [0.29, 0.717) is 5.56 Å². The topological polar surface area (TPSA) is 45.0 Å². The Morgan fingerprint density at radius 3 is 2.81 bits per heavy atom. The Kier molecular flexibility index (Phi) is 3.89. The number of ether oxygens (including phenoxy) is 1. The van der Waals surface area contributed by atoms with E-state index in [4.69, 9.17) is 4.74 Å². The Labute approximate surface area is 153 Å². The summed E-state index contributed by atoms with van der Waals surface area (Å²) >= 11 is 0. The monoisotopic (exact) mass is 340 g/mol. The number of fused-ring (bicyclic) bond motifs is 1. The van der Waals surface area contributed by atoms with Crippen molar-refractivity contribution >= 4 is 5.69 Å². The smallest absolute Gasteiger partial charge is 0.119 e. The Morgan fingerprint density at radius 1 is 1.15 bits per heavy atom. The number of methoxy groups -OCH3 is 1. The molecule has 0 spiro atoms. The maximum Gasteiger partial charge on any atom is 0.119 e. The highest BCUT2D eigenvalue weighted by atomic mass is 16.5. The molecule has 1 fully saturated rings. The predicted molar refractivity (Wildman–Crippen MR) is 105 cm³/mol. The van der Waals surface area contributed by atoms with Crippen molar-refractivity contribution in [3.63, 3.8) is 0 Å². The maximum atomic E-state index is 9.62. The van der Waals surface area contributed by atoms with Gasteiger partial charge in [-0.15, -0.1) is 0 Å². The third kappa shape index (κ3) is 3.02. The molecule has 2 aromatic rings. The van der Waals surface area contributed by atoms with Gasteiger partial charge in [-0.25, -0.2) is 0 Å². The highest BCUT2D eigenvalue weighted by Gasteiger charge is 2.42. The highest BCUT2D eigenvalue weighted by molar-refractivity contribution is 5.73. The molecule has 3 nitrogen and oxygen atoms in total. The van der Waals surface area contributed by atoms with Gasteiger partial charge in [-0.1, -0.05) is 48.9 Å². The fraction of sp³-hybridized carbons (Fsp3) is 0.174. The van der Waals surface area contributed by atoms with E-state index in [1.54, 1.807) is 7.11 Å². The Hall–Kier alpha value is -3.25. The van der Waals surface area contributed by atoms with E-state index >= 15 is 0 Å². The first-order valence-electron chi connectivity index (χ1n) is 8.67. The van der Waals surface area contributed by atoms with Gasteiger partial charge in [0.25, 0.3) is 0 Å². The van der Waals surface area contributed by atoms with Crippen molar-refractivity contribution in [3.8, 4) is 22.9 Å². The number of anilines is 1. The van der Waals surface area contributed by atoms with Crippen LogP contribution < -0.4 is 10.1 Å². The molecule has 0 aliphatic heterocycles. The van der Waals surface area contributed by atoms with Crippen LogP contribution in [0.2, 0.25) is 0 Å². The van der Waals surface area contributed by atoms with Crippen LogP contribution in [0.3, 0.4) is 0 Å². The Balaban J connectivity index is 1.64. The number of rotatable bonds is 4. The predicted octanol–water partition coefficient (Wildman–Crippen LogP) is 5.44. The largest absolute Gasteiger partial charge is 0.497 e. The number of hydrogen-bond acceptors (Lipinski definition) is 3. The summed E-state index contributed by atoms with van der Waals surface area (Å²) in [5, 5.41) is 13.0. The lowest BCUT2D eigenvalue weighted by molar-refractivity contribution is 0.415. The SMILES string of the molecule is COc1cccc(-c2ccc(NC3=CC4(C)CC4=CC=C3)c(C#N)c2)c1. The van der Waals surface area contributed by atoms with Gasteiger partial charge in [0.2, 0.25) is 0 Å².